The van der Waals surface area contributed by atoms with E-state index in [0.717, 1.165) is 12.6 Å². The van der Waals surface area contributed by atoms with Crippen molar-refractivity contribution in [3.8, 4) is 0 Å². The summed E-state index contributed by atoms with van der Waals surface area (Å²) < 4.78 is 0. The lowest BCUT2D eigenvalue weighted by molar-refractivity contribution is 0.754. The summed E-state index contributed by atoms with van der Waals surface area (Å²) in [6.45, 7) is 3.12. The summed E-state index contributed by atoms with van der Waals surface area (Å²) in [5, 5.41) is 3.45. The fourth-order valence-electron chi connectivity index (χ4n) is 1.49. The van der Waals surface area contributed by atoms with Crippen LogP contribution in [0.5, 0.6) is 0 Å². The lowest BCUT2D eigenvalue weighted by atomic mass is 10.1. The summed E-state index contributed by atoms with van der Waals surface area (Å²) in [5.74, 6) is 0. The number of aryl methyl sites for hydroxylation is 1. The number of rotatable bonds is 4. The fraction of sp³-hybridized carbons (Fsp3) is 0.385. The molecule has 1 nitrogen and oxygen atoms in total. The molecule has 1 saturated carbocycles. The third-order valence-electron chi connectivity index (χ3n) is 2.45. The Kier molecular flexibility index (Phi) is 3.00. The molecule has 1 aromatic rings. The van der Waals surface area contributed by atoms with E-state index in [2.05, 4.69) is 48.7 Å². The molecule has 1 fully saturated rings. The number of benzene rings is 1. The Morgan fingerprint density at radius 3 is 3.00 bits per heavy atom. The van der Waals surface area contributed by atoms with E-state index < -0.39 is 0 Å². The van der Waals surface area contributed by atoms with Crippen LogP contribution in [0.15, 0.2) is 30.3 Å². The van der Waals surface area contributed by atoms with Crippen molar-refractivity contribution in [1.29, 1.82) is 0 Å². The molecule has 0 amide bonds. The molecule has 0 aliphatic heterocycles. The van der Waals surface area contributed by atoms with E-state index in [9.17, 15) is 0 Å². The number of nitrogens with one attached hydrogen (secondary N) is 1. The van der Waals surface area contributed by atoms with Crippen molar-refractivity contribution in [3.63, 3.8) is 0 Å². The second-order valence-electron chi connectivity index (χ2n) is 4.00. The van der Waals surface area contributed by atoms with Gasteiger partial charge in [-0.25, -0.2) is 0 Å². The van der Waals surface area contributed by atoms with Gasteiger partial charge in [0.15, 0.2) is 0 Å². The first-order chi connectivity index (χ1) is 6.84. The van der Waals surface area contributed by atoms with Gasteiger partial charge in [-0.1, -0.05) is 42.0 Å². The molecule has 0 bridgehead atoms. The molecule has 0 spiro atoms. The maximum absolute atomic E-state index is 3.45. The molecule has 1 heteroatoms. The summed E-state index contributed by atoms with van der Waals surface area (Å²) >= 11 is 0. The number of hydrogen-bond acceptors (Lipinski definition) is 1. The third-order valence-corrected chi connectivity index (χ3v) is 2.45. The Balaban J connectivity index is 1.82. The summed E-state index contributed by atoms with van der Waals surface area (Å²) in [6, 6.07) is 9.37. The predicted molar refractivity (Wildman–Crippen MR) is 61.2 cm³/mol. The first kappa shape index (κ1) is 9.47. The molecule has 0 heterocycles. The standard InChI is InChI=1S/C13H17N/c1-11-4-2-5-12(10-11)6-3-9-14-13-7-8-13/h2-6,10,13-14H,7-9H2,1H3. The molecule has 1 aliphatic carbocycles. The average molecular weight is 187 g/mol. The van der Waals surface area contributed by atoms with Crippen molar-refractivity contribution in [2.75, 3.05) is 6.54 Å². The minimum absolute atomic E-state index is 0.803. The van der Waals surface area contributed by atoms with Gasteiger partial charge >= 0.3 is 0 Å². The highest BCUT2D eigenvalue weighted by Crippen LogP contribution is 2.18. The van der Waals surface area contributed by atoms with Gasteiger partial charge in [0, 0.05) is 12.6 Å². The van der Waals surface area contributed by atoms with Crippen LogP contribution in [-0.4, -0.2) is 12.6 Å². The normalized spacial score (nSPS) is 16.4. The van der Waals surface area contributed by atoms with Crippen LogP contribution in [0.2, 0.25) is 0 Å². The summed E-state index contributed by atoms with van der Waals surface area (Å²) in [6.07, 6.45) is 7.10. The highest BCUT2D eigenvalue weighted by atomic mass is 14.9. The molecular formula is C13H17N. The average Bonchev–Trinajstić information content (AvgIpc) is 2.96. The van der Waals surface area contributed by atoms with Gasteiger partial charge in [0.1, 0.15) is 0 Å². The quantitative estimate of drug-likeness (QED) is 0.764. The van der Waals surface area contributed by atoms with Crippen molar-refractivity contribution in [1.82, 2.24) is 5.32 Å². The Morgan fingerprint density at radius 1 is 1.43 bits per heavy atom. The molecule has 2 rings (SSSR count). The van der Waals surface area contributed by atoms with Crippen LogP contribution in [0.25, 0.3) is 6.08 Å². The van der Waals surface area contributed by atoms with Gasteiger partial charge in [0.05, 0.1) is 0 Å². The van der Waals surface area contributed by atoms with Gasteiger partial charge in [-0.3, -0.25) is 0 Å². The molecule has 0 aromatic heterocycles. The zero-order valence-corrected chi connectivity index (χ0v) is 8.66. The van der Waals surface area contributed by atoms with E-state index in [4.69, 9.17) is 0 Å². The fourth-order valence-corrected chi connectivity index (χ4v) is 1.49. The number of hydrogen-bond donors (Lipinski definition) is 1. The summed E-state index contributed by atoms with van der Waals surface area (Å²) in [7, 11) is 0. The molecule has 0 atom stereocenters. The second-order valence-corrected chi connectivity index (χ2v) is 4.00. The van der Waals surface area contributed by atoms with Crippen LogP contribution in [0.4, 0.5) is 0 Å². The molecule has 0 saturated heterocycles. The highest BCUT2D eigenvalue weighted by molar-refractivity contribution is 5.50. The molecule has 1 aliphatic rings. The van der Waals surface area contributed by atoms with Gasteiger partial charge < -0.3 is 5.32 Å². The minimum Gasteiger partial charge on any atom is -0.311 e. The first-order valence-electron chi connectivity index (χ1n) is 5.31. The maximum atomic E-state index is 3.45. The summed E-state index contributed by atoms with van der Waals surface area (Å²) in [4.78, 5) is 0. The van der Waals surface area contributed by atoms with Crippen molar-refractivity contribution < 1.29 is 0 Å². The topological polar surface area (TPSA) is 12.0 Å². The third kappa shape index (κ3) is 3.00. The molecule has 1 aromatic carbocycles. The van der Waals surface area contributed by atoms with Crippen LogP contribution in [0, 0.1) is 6.92 Å². The Hall–Kier alpha value is -1.08. The molecule has 14 heavy (non-hydrogen) atoms. The van der Waals surface area contributed by atoms with Crippen LogP contribution < -0.4 is 5.32 Å². The Labute approximate surface area is 85.8 Å². The molecule has 74 valence electrons. The van der Waals surface area contributed by atoms with Crippen molar-refractivity contribution in [2.24, 2.45) is 0 Å². The van der Waals surface area contributed by atoms with Gasteiger partial charge in [0.25, 0.3) is 0 Å². The zero-order chi connectivity index (χ0) is 9.80. The van der Waals surface area contributed by atoms with Crippen molar-refractivity contribution in [3.05, 3.63) is 41.5 Å². The monoisotopic (exact) mass is 187 g/mol. The van der Waals surface area contributed by atoms with E-state index in [0.29, 0.717) is 0 Å². The van der Waals surface area contributed by atoms with Gasteiger partial charge in [-0.15, -0.1) is 0 Å². The van der Waals surface area contributed by atoms with Crippen LogP contribution in [-0.2, 0) is 0 Å². The lowest BCUT2D eigenvalue weighted by Gasteiger charge is -1.97. The van der Waals surface area contributed by atoms with Gasteiger partial charge in [-0.05, 0) is 25.3 Å². The van der Waals surface area contributed by atoms with E-state index in [-0.39, 0.29) is 0 Å². The SMILES string of the molecule is Cc1cccc(C=CCNC2CC2)c1. The predicted octanol–water partition coefficient (Wildman–Crippen LogP) is 2.76. The van der Waals surface area contributed by atoms with Crippen LogP contribution >= 0.6 is 0 Å². The van der Waals surface area contributed by atoms with Gasteiger partial charge in [-0.2, -0.15) is 0 Å². The maximum Gasteiger partial charge on any atom is 0.0140 e. The molecule has 1 N–H and O–H groups in total. The summed E-state index contributed by atoms with van der Waals surface area (Å²) in [5.41, 5.74) is 2.62. The first-order valence-corrected chi connectivity index (χ1v) is 5.31. The molecule has 0 unspecified atom stereocenters. The van der Waals surface area contributed by atoms with E-state index >= 15 is 0 Å². The van der Waals surface area contributed by atoms with Gasteiger partial charge in [0.2, 0.25) is 0 Å². The zero-order valence-electron chi connectivity index (χ0n) is 8.66. The smallest absolute Gasteiger partial charge is 0.0140 e. The molecular weight excluding hydrogens is 170 g/mol. The van der Waals surface area contributed by atoms with Crippen LogP contribution in [0.1, 0.15) is 24.0 Å². The highest BCUT2D eigenvalue weighted by Gasteiger charge is 2.18. The second kappa shape index (κ2) is 4.43. The molecule has 0 radical (unpaired) electrons. The van der Waals surface area contributed by atoms with Crippen molar-refractivity contribution >= 4 is 6.08 Å². The Morgan fingerprint density at radius 2 is 2.29 bits per heavy atom. The van der Waals surface area contributed by atoms with E-state index in [1.807, 2.05) is 0 Å². The van der Waals surface area contributed by atoms with Crippen molar-refractivity contribution in [2.45, 2.75) is 25.8 Å². The largest absolute Gasteiger partial charge is 0.311 e. The lowest BCUT2D eigenvalue weighted by Crippen LogP contribution is -2.15. The van der Waals surface area contributed by atoms with Crippen LogP contribution in [0.3, 0.4) is 0 Å². The van der Waals surface area contributed by atoms with E-state index in [1.165, 1.54) is 24.0 Å². The Bertz CT molecular complexity index is 324. The van der Waals surface area contributed by atoms with E-state index in [1.54, 1.807) is 0 Å². The minimum atomic E-state index is 0.803.